The van der Waals surface area contributed by atoms with Crippen LogP contribution in [0.3, 0.4) is 0 Å². The summed E-state index contributed by atoms with van der Waals surface area (Å²) in [7, 11) is 1.63. The average molecular weight is 368 g/mol. The first kappa shape index (κ1) is 17.6. The maximum absolute atomic E-state index is 12.7. The summed E-state index contributed by atoms with van der Waals surface area (Å²) in [5, 5.41) is 3.21. The van der Waals surface area contributed by atoms with Crippen LogP contribution in [-0.4, -0.2) is 48.7 Å². The Bertz CT molecular complexity index is 791. The number of nitrogens with one attached hydrogen (secondary N) is 1. The van der Waals surface area contributed by atoms with Crippen molar-refractivity contribution in [3.8, 4) is 11.5 Å². The van der Waals surface area contributed by atoms with Gasteiger partial charge in [0.05, 0.1) is 19.2 Å². The van der Waals surface area contributed by atoms with Crippen LogP contribution < -0.4 is 19.7 Å². The van der Waals surface area contributed by atoms with E-state index in [1.807, 2.05) is 18.2 Å². The predicted molar refractivity (Wildman–Crippen MR) is 101 cm³/mol. The van der Waals surface area contributed by atoms with E-state index in [0.717, 1.165) is 48.8 Å². The Balaban J connectivity index is 1.31. The van der Waals surface area contributed by atoms with Crippen molar-refractivity contribution >= 4 is 11.7 Å². The number of hydrogen-bond donors (Lipinski definition) is 1. The smallest absolute Gasteiger partial charge is 0.227 e. The number of anilines is 1. The highest BCUT2D eigenvalue weighted by molar-refractivity contribution is 5.80. The first-order valence-corrected chi connectivity index (χ1v) is 9.34. The van der Waals surface area contributed by atoms with E-state index in [-0.39, 0.29) is 17.9 Å². The molecular weight excluding hydrogens is 344 g/mol. The van der Waals surface area contributed by atoms with Crippen LogP contribution in [0.4, 0.5) is 5.82 Å². The molecule has 1 saturated heterocycles. The molecule has 7 nitrogen and oxygen atoms in total. The molecule has 0 radical (unpaired) electrons. The highest BCUT2D eigenvalue weighted by Crippen LogP contribution is 2.36. The van der Waals surface area contributed by atoms with Crippen molar-refractivity contribution in [2.45, 2.75) is 25.3 Å². The zero-order chi connectivity index (χ0) is 18.6. The second-order valence-corrected chi connectivity index (χ2v) is 6.99. The Morgan fingerprint density at radius 2 is 2.15 bits per heavy atom. The number of carbonyl (C=O) groups is 1. The van der Waals surface area contributed by atoms with Gasteiger partial charge in [-0.25, -0.2) is 4.98 Å². The van der Waals surface area contributed by atoms with Gasteiger partial charge in [0.1, 0.15) is 12.4 Å². The minimum absolute atomic E-state index is 0.0708. The van der Waals surface area contributed by atoms with E-state index in [1.54, 1.807) is 25.7 Å². The van der Waals surface area contributed by atoms with E-state index in [1.165, 1.54) is 0 Å². The van der Waals surface area contributed by atoms with Crippen molar-refractivity contribution < 1.29 is 14.3 Å². The Kier molecular flexibility index (Phi) is 5.09. The quantitative estimate of drug-likeness (QED) is 0.887. The van der Waals surface area contributed by atoms with Crippen LogP contribution in [-0.2, 0) is 11.2 Å². The van der Waals surface area contributed by atoms with Crippen LogP contribution in [0.5, 0.6) is 11.5 Å². The van der Waals surface area contributed by atoms with E-state index < -0.39 is 0 Å². The molecule has 1 atom stereocenters. The van der Waals surface area contributed by atoms with Crippen LogP contribution in [0.15, 0.2) is 36.8 Å². The first-order valence-electron chi connectivity index (χ1n) is 9.34. The Morgan fingerprint density at radius 3 is 2.89 bits per heavy atom. The molecule has 2 aromatic rings. The molecule has 1 aromatic heterocycles. The second kappa shape index (κ2) is 7.82. The summed E-state index contributed by atoms with van der Waals surface area (Å²) in [6, 6.07) is 6.00. The van der Waals surface area contributed by atoms with Crippen molar-refractivity contribution in [1.82, 2.24) is 15.3 Å². The number of piperidine rings is 1. The van der Waals surface area contributed by atoms with Gasteiger partial charge in [0, 0.05) is 31.5 Å². The standard InChI is InChI=1S/C20H24N4O3/c1-26-17-4-2-3-14-11-15(13-27-19(14)17)20(25)23-16-5-9-24(10-6-16)18-12-21-7-8-22-18/h2-4,7-8,12,15-16H,5-6,9-11,13H2,1H3,(H,23,25). The maximum Gasteiger partial charge on any atom is 0.227 e. The van der Waals surface area contributed by atoms with Gasteiger partial charge >= 0.3 is 0 Å². The molecule has 1 N–H and O–H groups in total. The van der Waals surface area contributed by atoms with Gasteiger partial charge in [0.2, 0.25) is 5.91 Å². The zero-order valence-electron chi connectivity index (χ0n) is 15.4. The van der Waals surface area contributed by atoms with Gasteiger partial charge in [0.25, 0.3) is 0 Å². The molecule has 1 amide bonds. The third-order valence-corrected chi connectivity index (χ3v) is 5.26. The summed E-state index contributed by atoms with van der Waals surface area (Å²) >= 11 is 0. The minimum Gasteiger partial charge on any atom is -0.493 e. The lowest BCUT2D eigenvalue weighted by Crippen LogP contribution is -2.48. The summed E-state index contributed by atoms with van der Waals surface area (Å²) in [6.45, 7) is 2.12. The molecule has 2 aliphatic rings. The molecule has 3 heterocycles. The van der Waals surface area contributed by atoms with Crippen LogP contribution in [0.25, 0.3) is 0 Å². The third kappa shape index (κ3) is 3.82. The van der Waals surface area contributed by atoms with Gasteiger partial charge in [-0.15, -0.1) is 0 Å². The molecule has 0 spiro atoms. The normalized spacial score (nSPS) is 19.7. The van der Waals surface area contributed by atoms with Gasteiger partial charge in [-0.2, -0.15) is 0 Å². The number of hydrogen-bond acceptors (Lipinski definition) is 6. The molecule has 2 aliphatic heterocycles. The number of carbonyl (C=O) groups excluding carboxylic acids is 1. The van der Waals surface area contributed by atoms with Crippen molar-refractivity contribution in [3.63, 3.8) is 0 Å². The molecule has 0 saturated carbocycles. The van der Waals surface area contributed by atoms with E-state index in [9.17, 15) is 4.79 Å². The molecule has 142 valence electrons. The summed E-state index contributed by atoms with van der Waals surface area (Å²) in [6.07, 6.45) is 7.65. The molecule has 0 bridgehead atoms. The lowest BCUT2D eigenvalue weighted by Gasteiger charge is -2.34. The van der Waals surface area contributed by atoms with Crippen LogP contribution in [0.1, 0.15) is 18.4 Å². The molecule has 7 heteroatoms. The van der Waals surface area contributed by atoms with Crippen molar-refractivity contribution in [2.75, 3.05) is 31.7 Å². The van der Waals surface area contributed by atoms with Gasteiger partial charge in [-0.3, -0.25) is 9.78 Å². The van der Waals surface area contributed by atoms with Crippen LogP contribution in [0.2, 0.25) is 0 Å². The number of benzene rings is 1. The van der Waals surface area contributed by atoms with Gasteiger partial charge in [-0.05, 0) is 30.9 Å². The van der Waals surface area contributed by atoms with Crippen molar-refractivity contribution in [2.24, 2.45) is 5.92 Å². The number of rotatable bonds is 4. The van der Waals surface area contributed by atoms with Crippen molar-refractivity contribution in [1.29, 1.82) is 0 Å². The molecule has 1 fully saturated rings. The Labute approximate surface area is 158 Å². The molecule has 4 rings (SSSR count). The highest BCUT2D eigenvalue weighted by atomic mass is 16.5. The number of aromatic nitrogens is 2. The first-order chi connectivity index (χ1) is 13.2. The van der Waals surface area contributed by atoms with E-state index in [4.69, 9.17) is 9.47 Å². The minimum atomic E-state index is -0.164. The lowest BCUT2D eigenvalue weighted by molar-refractivity contribution is -0.127. The van der Waals surface area contributed by atoms with E-state index >= 15 is 0 Å². The Morgan fingerprint density at radius 1 is 1.30 bits per heavy atom. The largest absolute Gasteiger partial charge is 0.493 e. The maximum atomic E-state index is 12.7. The third-order valence-electron chi connectivity index (χ3n) is 5.26. The van der Waals surface area contributed by atoms with Crippen molar-refractivity contribution in [3.05, 3.63) is 42.4 Å². The molecule has 1 unspecified atom stereocenters. The summed E-state index contributed by atoms with van der Waals surface area (Å²) in [5.41, 5.74) is 1.03. The van der Waals surface area contributed by atoms with Gasteiger partial charge in [0.15, 0.2) is 11.5 Å². The van der Waals surface area contributed by atoms with E-state index in [2.05, 4.69) is 20.2 Å². The SMILES string of the molecule is COc1cccc2c1OCC(C(=O)NC1CCN(c3cnccn3)CC1)C2. The van der Waals surface area contributed by atoms with E-state index in [0.29, 0.717) is 13.0 Å². The molecular formula is C20H24N4O3. The number of nitrogens with zero attached hydrogens (tertiary/aromatic N) is 3. The zero-order valence-corrected chi connectivity index (χ0v) is 15.4. The monoisotopic (exact) mass is 368 g/mol. The predicted octanol–water partition coefficient (Wildman–Crippen LogP) is 1.82. The van der Waals surface area contributed by atoms with Gasteiger partial charge in [-0.1, -0.05) is 12.1 Å². The van der Waals surface area contributed by atoms with Crippen LogP contribution >= 0.6 is 0 Å². The fraction of sp³-hybridized carbons (Fsp3) is 0.450. The summed E-state index contributed by atoms with van der Waals surface area (Å²) in [5.74, 6) is 2.29. The van der Waals surface area contributed by atoms with Gasteiger partial charge < -0.3 is 19.7 Å². The molecule has 27 heavy (non-hydrogen) atoms. The average Bonchev–Trinajstić information content (AvgIpc) is 2.74. The van der Waals surface area contributed by atoms with Crippen LogP contribution in [0, 0.1) is 5.92 Å². The summed E-state index contributed by atoms with van der Waals surface area (Å²) in [4.78, 5) is 23.4. The fourth-order valence-electron chi connectivity index (χ4n) is 3.75. The molecule has 0 aliphatic carbocycles. The Hall–Kier alpha value is -2.83. The second-order valence-electron chi connectivity index (χ2n) is 6.99. The lowest BCUT2D eigenvalue weighted by atomic mass is 9.94. The number of fused-ring (bicyclic) bond motifs is 1. The highest BCUT2D eigenvalue weighted by Gasteiger charge is 2.30. The molecule has 1 aromatic carbocycles. The topological polar surface area (TPSA) is 76.6 Å². The summed E-state index contributed by atoms with van der Waals surface area (Å²) < 4.78 is 11.2. The fourth-order valence-corrected chi connectivity index (χ4v) is 3.75. The number of ether oxygens (including phenoxy) is 2. The number of methoxy groups -OCH3 is 1. The number of amides is 1. The number of para-hydroxylation sites is 1.